The number of methoxy groups -OCH3 is 1. The lowest BCUT2D eigenvalue weighted by atomic mass is 10.2. The average molecular weight is 397 g/mol. The summed E-state index contributed by atoms with van der Waals surface area (Å²) in [4.78, 5) is 12.1. The third kappa shape index (κ3) is 5.72. The van der Waals surface area contributed by atoms with E-state index in [1.165, 1.54) is 11.4 Å². The Balaban J connectivity index is 2.00. The Kier molecular flexibility index (Phi) is 7.02. The smallest absolute Gasteiger partial charge is 0.251 e. The van der Waals surface area contributed by atoms with Gasteiger partial charge in [0.25, 0.3) is 5.91 Å². The van der Waals surface area contributed by atoms with Gasteiger partial charge in [0.1, 0.15) is 5.75 Å². The quantitative estimate of drug-likeness (QED) is 0.744. The van der Waals surface area contributed by atoms with Gasteiger partial charge in [0.15, 0.2) is 0 Å². The maximum Gasteiger partial charge on any atom is 0.251 e. The van der Waals surface area contributed by atoms with Crippen LogP contribution >= 0.6 is 11.6 Å². The van der Waals surface area contributed by atoms with Crippen molar-refractivity contribution in [3.05, 3.63) is 64.7 Å². The van der Waals surface area contributed by atoms with Crippen LogP contribution in [-0.2, 0) is 16.6 Å². The zero-order valence-electron chi connectivity index (χ0n) is 14.6. The fraction of sp³-hybridized carbons (Fsp3) is 0.278. The van der Waals surface area contributed by atoms with Crippen LogP contribution in [0.4, 0.5) is 0 Å². The van der Waals surface area contributed by atoms with Gasteiger partial charge in [-0.15, -0.1) is 0 Å². The molecule has 8 heteroatoms. The second kappa shape index (κ2) is 9.02. The number of nitrogens with zero attached hydrogens (tertiary/aromatic N) is 1. The normalized spacial score (nSPS) is 11.4. The Hall–Kier alpha value is -2.09. The molecule has 0 aliphatic rings. The summed E-state index contributed by atoms with van der Waals surface area (Å²) in [5, 5.41) is 3.26. The van der Waals surface area contributed by atoms with Crippen LogP contribution in [-0.4, -0.2) is 45.1 Å². The molecule has 0 aliphatic carbocycles. The van der Waals surface area contributed by atoms with Crippen LogP contribution < -0.4 is 10.1 Å². The van der Waals surface area contributed by atoms with E-state index in [0.29, 0.717) is 16.3 Å². The molecule has 0 aliphatic heterocycles. The Morgan fingerprint density at radius 1 is 1.15 bits per heavy atom. The molecular formula is C18H21ClN2O4S. The van der Waals surface area contributed by atoms with E-state index in [1.807, 2.05) is 18.2 Å². The van der Waals surface area contributed by atoms with Crippen molar-refractivity contribution in [2.45, 2.75) is 6.54 Å². The molecule has 2 aromatic carbocycles. The number of nitrogens with one attached hydrogen (secondary N) is 1. The highest BCUT2D eigenvalue weighted by Gasteiger charge is 2.19. The minimum absolute atomic E-state index is 0.149. The molecule has 0 aromatic heterocycles. The molecule has 2 rings (SSSR count). The van der Waals surface area contributed by atoms with Gasteiger partial charge in [-0.05, 0) is 30.3 Å². The van der Waals surface area contributed by atoms with E-state index in [4.69, 9.17) is 16.3 Å². The molecule has 0 atom stereocenters. The zero-order chi connectivity index (χ0) is 19.2. The van der Waals surface area contributed by atoms with E-state index >= 15 is 0 Å². The Morgan fingerprint density at radius 3 is 2.42 bits per heavy atom. The molecule has 2 aromatic rings. The first-order chi connectivity index (χ1) is 12.3. The molecular weight excluding hydrogens is 376 g/mol. The number of amides is 1. The van der Waals surface area contributed by atoms with Gasteiger partial charge in [0.2, 0.25) is 10.0 Å². The number of hydrogen-bond donors (Lipinski definition) is 1. The van der Waals surface area contributed by atoms with Crippen LogP contribution in [0.5, 0.6) is 5.75 Å². The summed E-state index contributed by atoms with van der Waals surface area (Å²) in [7, 11) is -1.91. The minimum Gasteiger partial charge on any atom is -0.496 e. The summed E-state index contributed by atoms with van der Waals surface area (Å²) < 4.78 is 30.7. The molecule has 0 heterocycles. The summed E-state index contributed by atoms with van der Waals surface area (Å²) in [6, 6.07) is 13.7. The maximum atomic E-state index is 12.1. The third-order valence-corrected chi connectivity index (χ3v) is 5.26. The molecule has 0 spiro atoms. The number of sulfonamides is 1. The molecule has 1 amide bonds. The fourth-order valence-electron chi connectivity index (χ4n) is 2.38. The Labute approximate surface area is 158 Å². The largest absolute Gasteiger partial charge is 0.496 e. The van der Waals surface area contributed by atoms with Crippen molar-refractivity contribution in [1.82, 2.24) is 9.62 Å². The summed E-state index contributed by atoms with van der Waals surface area (Å²) >= 11 is 5.80. The molecule has 140 valence electrons. The second-order valence-electron chi connectivity index (χ2n) is 5.67. The SMILES string of the molecule is COc1ccccc1CN(CCNC(=O)c1ccc(Cl)cc1)S(C)(=O)=O. The van der Waals surface area contributed by atoms with Gasteiger partial charge < -0.3 is 10.1 Å². The number of halogens is 1. The first-order valence-corrected chi connectivity index (χ1v) is 10.1. The van der Waals surface area contributed by atoms with Gasteiger partial charge in [0.05, 0.1) is 13.4 Å². The van der Waals surface area contributed by atoms with Crippen molar-refractivity contribution < 1.29 is 17.9 Å². The van der Waals surface area contributed by atoms with E-state index in [2.05, 4.69) is 5.32 Å². The van der Waals surface area contributed by atoms with E-state index < -0.39 is 10.0 Å². The van der Waals surface area contributed by atoms with Crippen LogP contribution in [0.1, 0.15) is 15.9 Å². The predicted molar refractivity (Wildman–Crippen MR) is 102 cm³/mol. The standard InChI is InChI=1S/C18H21ClN2O4S/c1-25-17-6-4-3-5-15(17)13-21(26(2,23)24)12-11-20-18(22)14-7-9-16(19)10-8-14/h3-10H,11-13H2,1-2H3,(H,20,22). The lowest BCUT2D eigenvalue weighted by Gasteiger charge is -2.21. The summed E-state index contributed by atoms with van der Waals surface area (Å²) in [5.74, 6) is 0.332. The van der Waals surface area contributed by atoms with Gasteiger partial charge in [0, 0.05) is 35.8 Å². The molecule has 0 saturated heterocycles. The van der Waals surface area contributed by atoms with E-state index in [1.54, 1.807) is 30.3 Å². The van der Waals surface area contributed by atoms with Crippen LogP contribution in [0, 0.1) is 0 Å². The lowest BCUT2D eigenvalue weighted by Crippen LogP contribution is -2.37. The number of carbonyl (C=O) groups is 1. The van der Waals surface area contributed by atoms with Crippen molar-refractivity contribution in [3.8, 4) is 5.75 Å². The molecule has 0 bridgehead atoms. The zero-order valence-corrected chi connectivity index (χ0v) is 16.2. The summed E-state index contributed by atoms with van der Waals surface area (Å²) in [5.41, 5.74) is 1.22. The highest BCUT2D eigenvalue weighted by Crippen LogP contribution is 2.20. The number of rotatable bonds is 8. The molecule has 0 saturated carbocycles. The van der Waals surface area contributed by atoms with Crippen molar-refractivity contribution >= 4 is 27.5 Å². The van der Waals surface area contributed by atoms with Crippen molar-refractivity contribution in [2.24, 2.45) is 0 Å². The van der Waals surface area contributed by atoms with Gasteiger partial charge in [-0.1, -0.05) is 29.8 Å². The Bertz CT molecular complexity index is 854. The number of ether oxygens (including phenoxy) is 1. The molecule has 0 radical (unpaired) electrons. The average Bonchev–Trinajstić information content (AvgIpc) is 2.60. The van der Waals surface area contributed by atoms with E-state index in [9.17, 15) is 13.2 Å². The van der Waals surface area contributed by atoms with E-state index in [0.717, 1.165) is 11.8 Å². The Morgan fingerprint density at radius 2 is 1.81 bits per heavy atom. The highest BCUT2D eigenvalue weighted by atomic mass is 35.5. The van der Waals surface area contributed by atoms with Crippen LogP contribution in [0.2, 0.25) is 5.02 Å². The number of benzene rings is 2. The third-order valence-electron chi connectivity index (χ3n) is 3.76. The monoisotopic (exact) mass is 396 g/mol. The van der Waals surface area contributed by atoms with Crippen molar-refractivity contribution in [3.63, 3.8) is 0 Å². The van der Waals surface area contributed by atoms with Crippen molar-refractivity contribution in [1.29, 1.82) is 0 Å². The number of hydrogen-bond acceptors (Lipinski definition) is 4. The lowest BCUT2D eigenvalue weighted by molar-refractivity contribution is 0.0951. The number of carbonyl (C=O) groups excluding carboxylic acids is 1. The molecule has 1 N–H and O–H groups in total. The topological polar surface area (TPSA) is 75.7 Å². The second-order valence-corrected chi connectivity index (χ2v) is 8.09. The molecule has 6 nitrogen and oxygen atoms in total. The van der Waals surface area contributed by atoms with Gasteiger partial charge in [-0.25, -0.2) is 8.42 Å². The first kappa shape index (κ1) is 20.2. The fourth-order valence-corrected chi connectivity index (χ4v) is 3.31. The van der Waals surface area contributed by atoms with Crippen molar-refractivity contribution in [2.75, 3.05) is 26.5 Å². The first-order valence-electron chi connectivity index (χ1n) is 7.92. The predicted octanol–water partition coefficient (Wildman–Crippen LogP) is 2.54. The highest BCUT2D eigenvalue weighted by molar-refractivity contribution is 7.88. The van der Waals surface area contributed by atoms with Crippen LogP contribution in [0.3, 0.4) is 0 Å². The maximum absolute atomic E-state index is 12.1. The van der Waals surface area contributed by atoms with Crippen LogP contribution in [0.25, 0.3) is 0 Å². The van der Waals surface area contributed by atoms with Crippen LogP contribution in [0.15, 0.2) is 48.5 Å². The number of para-hydroxylation sites is 1. The van der Waals surface area contributed by atoms with E-state index in [-0.39, 0.29) is 25.5 Å². The summed E-state index contributed by atoms with van der Waals surface area (Å²) in [6.07, 6.45) is 1.14. The molecule has 26 heavy (non-hydrogen) atoms. The van der Waals surface area contributed by atoms with Gasteiger partial charge in [-0.3, -0.25) is 4.79 Å². The summed E-state index contributed by atoms with van der Waals surface area (Å²) in [6.45, 7) is 0.500. The van der Waals surface area contributed by atoms with Gasteiger partial charge in [-0.2, -0.15) is 4.31 Å². The minimum atomic E-state index is -3.45. The molecule has 0 unspecified atom stereocenters. The molecule has 0 fully saturated rings. The van der Waals surface area contributed by atoms with Gasteiger partial charge >= 0.3 is 0 Å².